The lowest BCUT2D eigenvalue weighted by Gasteiger charge is -2.07. The zero-order valence-electron chi connectivity index (χ0n) is 10.1. The van der Waals surface area contributed by atoms with E-state index in [-0.39, 0.29) is 0 Å². The summed E-state index contributed by atoms with van der Waals surface area (Å²) >= 11 is 3.39. The Hall–Kier alpha value is -1.11. The molecule has 2 aromatic carbocycles. The predicted octanol–water partition coefficient (Wildman–Crippen LogP) is 4.74. The maximum absolute atomic E-state index is 12.6. The average Bonchev–Trinajstić information content (AvgIpc) is 2.39. The Kier molecular flexibility index (Phi) is 4.21. The van der Waals surface area contributed by atoms with E-state index in [0.29, 0.717) is 0 Å². The first-order valence-corrected chi connectivity index (χ1v) is 8.67. The molecule has 0 fully saturated rings. The quantitative estimate of drug-likeness (QED) is 0.747. The number of rotatable bonds is 3. The van der Waals surface area contributed by atoms with Gasteiger partial charge in [0.05, 0.1) is 0 Å². The molecule has 18 heavy (non-hydrogen) atoms. The SMILES string of the molecule is C[P@](=O)(/C=C/c1ccc(Br)cc1)c1ccccc1. The van der Waals surface area contributed by atoms with E-state index >= 15 is 0 Å². The van der Waals surface area contributed by atoms with Crippen LogP contribution in [0.3, 0.4) is 0 Å². The Morgan fingerprint density at radius 1 is 1.00 bits per heavy atom. The highest BCUT2D eigenvalue weighted by Gasteiger charge is 2.12. The highest BCUT2D eigenvalue weighted by atomic mass is 79.9. The predicted molar refractivity (Wildman–Crippen MR) is 82.8 cm³/mol. The van der Waals surface area contributed by atoms with Gasteiger partial charge in [0.2, 0.25) is 0 Å². The Morgan fingerprint density at radius 2 is 1.61 bits per heavy atom. The van der Waals surface area contributed by atoms with Gasteiger partial charge in [-0.15, -0.1) is 0 Å². The lowest BCUT2D eigenvalue weighted by molar-refractivity contribution is 0.590. The van der Waals surface area contributed by atoms with Crippen molar-refractivity contribution in [2.24, 2.45) is 0 Å². The molecule has 2 rings (SSSR count). The second-order valence-electron chi connectivity index (χ2n) is 4.19. The topological polar surface area (TPSA) is 17.1 Å². The fourth-order valence-electron chi connectivity index (χ4n) is 1.61. The van der Waals surface area contributed by atoms with Crippen LogP contribution in [-0.4, -0.2) is 6.66 Å². The van der Waals surface area contributed by atoms with E-state index in [1.165, 1.54) is 0 Å². The molecule has 2 aromatic rings. The van der Waals surface area contributed by atoms with Crippen LogP contribution in [-0.2, 0) is 4.57 Å². The lowest BCUT2D eigenvalue weighted by Crippen LogP contribution is -1.99. The fourth-order valence-corrected chi connectivity index (χ4v) is 3.27. The summed E-state index contributed by atoms with van der Waals surface area (Å²) in [5.74, 6) is 1.81. The second kappa shape index (κ2) is 5.69. The van der Waals surface area contributed by atoms with Crippen LogP contribution in [0.25, 0.3) is 6.08 Å². The number of halogens is 1. The van der Waals surface area contributed by atoms with Crippen LogP contribution < -0.4 is 5.30 Å². The van der Waals surface area contributed by atoms with Crippen LogP contribution >= 0.6 is 23.1 Å². The molecule has 0 heterocycles. The molecule has 1 nitrogen and oxygen atoms in total. The van der Waals surface area contributed by atoms with Gasteiger partial charge in [-0.1, -0.05) is 64.5 Å². The van der Waals surface area contributed by atoms with Crippen LogP contribution in [0.1, 0.15) is 5.56 Å². The highest BCUT2D eigenvalue weighted by molar-refractivity contribution is 9.10. The van der Waals surface area contributed by atoms with Crippen molar-refractivity contribution in [1.82, 2.24) is 0 Å². The Labute approximate surface area is 116 Å². The van der Waals surface area contributed by atoms with Gasteiger partial charge in [-0.3, -0.25) is 0 Å². The van der Waals surface area contributed by atoms with E-state index in [1.54, 1.807) is 6.66 Å². The van der Waals surface area contributed by atoms with Gasteiger partial charge in [0.25, 0.3) is 0 Å². The summed E-state index contributed by atoms with van der Waals surface area (Å²) in [5.41, 5.74) is 1.05. The van der Waals surface area contributed by atoms with Gasteiger partial charge in [0.15, 0.2) is 0 Å². The molecule has 0 spiro atoms. The molecule has 3 heteroatoms. The van der Waals surface area contributed by atoms with Crippen LogP contribution in [0, 0.1) is 0 Å². The Bertz CT molecular complexity index is 588. The van der Waals surface area contributed by atoms with Crippen molar-refractivity contribution in [3.8, 4) is 0 Å². The summed E-state index contributed by atoms with van der Waals surface area (Å²) < 4.78 is 13.6. The van der Waals surface area contributed by atoms with Gasteiger partial charge in [-0.25, -0.2) is 0 Å². The zero-order valence-corrected chi connectivity index (χ0v) is 12.6. The molecular weight excluding hydrogens is 307 g/mol. The molecule has 0 unspecified atom stereocenters. The molecule has 0 aliphatic rings. The van der Waals surface area contributed by atoms with Gasteiger partial charge >= 0.3 is 0 Å². The van der Waals surface area contributed by atoms with Crippen molar-refractivity contribution in [3.63, 3.8) is 0 Å². The van der Waals surface area contributed by atoms with Gasteiger partial charge in [0, 0.05) is 9.78 Å². The van der Waals surface area contributed by atoms with Gasteiger partial charge in [0.1, 0.15) is 7.14 Å². The lowest BCUT2D eigenvalue weighted by atomic mass is 10.2. The first kappa shape index (κ1) is 13.3. The molecule has 0 aromatic heterocycles. The first-order valence-electron chi connectivity index (χ1n) is 5.65. The Balaban J connectivity index is 2.23. The van der Waals surface area contributed by atoms with Crippen LogP contribution in [0.2, 0.25) is 0 Å². The molecule has 0 N–H and O–H groups in total. The summed E-state index contributed by atoms with van der Waals surface area (Å²) in [7, 11) is -2.41. The minimum atomic E-state index is -2.41. The standard InChI is InChI=1S/C15H14BrOP/c1-18(17,15-5-3-2-4-6-15)12-11-13-7-9-14(16)10-8-13/h2-12H,1H3/b12-11+/t18-/m0/s1. The fraction of sp³-hybridized carbons (Fsp3) is 0.0667. The maximum Gasteiger partial charge on any atom is 0.133 e. The molecule has 0 amide bonds. The molecule has 0 aliphatic heterocycles. The van der Waals surface area contributed by atoms with Crippen LogP contribution in [0.15, 0.2) is 64.9 Å². The van der Waals surface area contributed by atoms with Gasteiger partial charge < -0.3 is 4.57 Å². The van der Waals surface area contributed by atoms with E-state index < -0.39 is 7.14 Å². The van der Waals surface area contributed by atoms with Crippen LogP contribution in [0.5, 0.6) is 0 Å². The summed E-state index contributed by atoms with van der Waals surface area (Å²) in [6.07, 6.45) is 1.92. The summed E-state index contributed by atoms with van der Waals surface area (Å²) in [5, 5.41) is 0.887. The average molecular weight is 321 g/mol. The third kappa shape index (κ3) is 3.44. The molecule has 0 saturated heterocycles. The van der Waals surface area contributed by atoms with Gasteiger partial charge in [-0.05, 0) is 30.2 Å². The zero-order chi connectivity index (χ0) is 13.0. The van der Waals surface area contributed by atoms with Crippen LogP contribution in [0.4, 0.5) is 0 Å². The van der Waals surface area contributed by atoms with E-state index in [0.717, 1.165) is 15.3 Å². The molecule has 92 valence electrons. The maximum atomic E-state index is 12.6. The van der Waals surface area contributed by atoms with Crippen molar-refractivity contribution < 1.29 is 4.57 Å². The monoisotopic (exact) mass is 320 g/mol. The number of hydrogen-bond donors (Lipinski definition) is 0. The minimum Gasteiger partial charge on any atom is -0.315 e. The van der Waals surface area contributed by atoms with E-state index in [2.05, 4.69) is 15.9 Å². The molecule has 0 radical (unpaired) electrons. The van der Waals surface area contributed by atoms with E-state index in [1.807, 2.05) is 66.5 Å². The van der Waals surface area contributed by atoms with Gasteiger partial charge in [-0.2, -0.15) is 0 Å². The number of hydrogen-bond acceptors (Lipinski definition) is 1. The molecule has 0 saturated carbocycles. The third-order valence-electron chi connectivity index (χ3n) is 2.69. The van der Waals surface area contributed by atoms with E-state index in [4.69, 9.17) is 0 Å². The highest BCUT2D eigenvalue weighted by Crippen LogP contribution is 2.42. The largest absolute Gasteiger partial charge is 0.315 e. The molecular formula is C15H14BrOP. The van der Waals surface area contributed by atoms with Crippen molar-refractivity contribution in [2.45, 2.75) is 0 Å². The molecule has 1 atom stereocenters. The Morgan fingerprint density at radius 3 is 2.22 bits per heavy atom. The summed E-state index contributed by atoms with van der Waals surface area (Å²) in [6.45, 7) is 1.79. The first-order chi connectivity index (χ1) is 8.58. The molecule has 0 bridgehead atoms. The van der Waals surface area contributed by atoms with Crippen molar-refractivity contribution in [2.75, 3.05) is 6.66 Å². The smallest absolute Gasteiger partial charge is 0.133 e. The van der Waals surface area contributed by atoms with E-state index in [9.17, 15) is 4.57 Å². The third-order valence-corrected chi connectivity index (χ3v) is 5.26. The number of benzene rings is 2. The summed E-state index contributed by atoms with van der Waals surface area (Å²) in [4.78, 5) is 0. The van der Waals surface area contributed by atoms with Crippen molar-refractivity contribution in [1.29, 1.82) is 0 Å². The van der Waals surface area contributed by atoms with Crippen molar-refractivity contribution >= 4 is 34.5 Å². The second-order valence-corrected chi connectivity index (χ2v) is 7.90. The summed E-state index contributed by atoms with van der Waals surface area (Å²) in [6, 6.07) is 17.5. The minimum absolute atomic E-state index is 0.887. The normalized spacial score (nSPS) is 14.6. The molecule has 0 aliphatic carbocycles. The van der Waals surface area contributed by atoms with Crippen molar-refractivity contribution in [3.05, 3.63) is 70.5 Å².